The average molecular weight is 564 g/mol. The molecule has 10 heteroatoms. The number of benzene rings is 1. The fraction of sp³-hybridized carbons (Fsp3) is 0.645. The summed E-state index contributed by atoms with van der Waals surface area (Å²) in [6, 6.07) is 9.02. The lowest BCUT2D eigenvalue weighted by Crippen LogP contribution is -2.58. The van der Waals surface area contributed by atoms with Crippen molar-refractivity contribution in [1.82, 2.24) is 14.5 Å². The molecule has 220 valence electrons. The molecule has 4 bridgehead atoms. The maximum Gasteiger partial charge on any atom is 0.362 e. The van der Waals surface area contributed by atoms with Gasteiger partial charge < -0.3 is 19.9 Å². The van der Waals surface area contributed by atoms with Crippen LogP contribution in [0.4, 0.5) is 0 Å². The highest BCUT2D eigenvalue weighted by Gasteiger charge is 2.45. The average Bonchev–Trinajstić information content (AvgIpc) is 2.94. The van der Waals surface area contributed by atoms with Crippen molar-refractivity contribution in [3.05, 3.63) is 40.3 Å². The molecule has 4 aliphatic rings. The quantitative estimate of drug-likeness (QED) is 0.295. The van der Waals surface area contributed by atoms with Crippen LogP contribution in [0, 0.1) is 11.8 Å². The molecule has 3 heterocycles. The number of carbonyl (C=O) groups is 2. The molecule has 4 fully saturated rings. The zero-order valence-corrected chi connectivity index (χ0v) is 23.9. The van der Waals surface area contributed by atoms with E-state index in [0.717, 1.165) is 43.0 Å². The highest BCUT2D eigenvalue weighted by molar-refractivity contribution is 6.42. The number of carbonyl (C=O) groups excluding carboxylic acids is 2. The third-order valence-corrected chi connectivity index (χ3v) is 9.75. The van der Waals surface area contributed by atoms with E-state index in [1.54, 1.807) is 6.92 Å². The van der Waals surface area contributed by atoms with Crippen LogP contribution < -0.4 is 11.3 Å². The number of amides is 1. The maximum absolute atomic E-state index is 14.2. The van der Waals surface area contributed by atoms with Crippen molar-refractivity contribution in [2.75, 3.05) is 13.2 Å². The lowest BCUT2D eigenvalue weighted by atomic mass is 9.68. The van der Waals surface area contributed by atoms with Crippen LogP contribution in [0.3, 0.4) is 0 Å². The Kier molecular flexibility index (Phi) is 8.10. The molecule has 0 spiro atoms. The summed E-state index contributed by atoms with van der Waals surface area (Å²) in [6.45, 7) is 1.22. The van der Waals surface area contributed by atoms with Crippen molar-refractivity contribution in [3.63, 3.8) is 0 Å². The van der Waals surface area contributed by atoms with Gasteiger partial charge in [0.15, 0.2) is 12.3 Å². The minimum absolute atomic E-state index is 0.0289. The number of rotatable bonds is 8. The third-order valence-electron chi connectivity index (χ3n) is 9.75. The number of nitrogens with zero attached hydrogens (tertiary/aromatic N) is 4. The Morgan fingerprint density at radius 1 is 0.951 bits per heavy atom. The number of esters is 1. The number of oxime groups is 1. The van der Waals surface area contributed by atoms with Gasteiger partial charge in [0.05, 0.1) is 17.6 Å². The van der Waals surface area contributed by atoms with Crippen LogP contribution in [0.5, 0.6) is 0 Å². The van der Waals surface area contributed by atoms with Gasteiger partial charge in [-0.1, -0.05) is 43.0 Å². The summed E-state index contributed by atoms with van der Waals surface area (Å²) in [5.41, 5.74) is 5.61. The van der Waals surface area contributed by atoms with E-state index in [2.05, 4.69) is 15.0 Å². The Balaban J connectivity index is 1.36. The van der Waals surface area contributed by atoms with Crippen LogP contribution in [0.2, 0.25) is 0 Å². The Morgan fingerprint density at radius 3 is 2.32 bits per heavy atom. The summed E-state index contributed by atoms with van der Waals surface area (Å²) in [5.74, 6) is 0.161. The molecular formula is C31H41N5O5. The summed E-state index contributed by atoms with van der Waals surface area (Å²) in [7, 11) is 0. The van der Waals surface area contributed by atoms with Crippen molar-refractivity contribution in [1.29, 1.82) is 0 Å². The molecule has 0 unspecified atom stereocenters. The van der Waals surface area contributed by atoms with E-state index in [-0.39, 0.29) is 24.1 Å². The lowest BCUT2D eigenvalue weighted by Gasteiger charge is -2.55. The van der Waals surface area contributed by atoms with E-state index in [0.29, 0.717) is 23.6 Å². The zero-order valence-electron chi connectivity index (χ0n) is 23.9. The van der Waals surface area contributed by atoms with Gasteiger partial charge in [0.25, 0.3) is 11.5 Å². The van der Waals surface area contributed by atoms with Gasteiger partial charge in [-0.05, 0) is 75.8 Å². The summed E-state index contributed by atoms with van der Waals surface area (Å²) in [5, 5.41) is 3.82. The Labute approximate surface area is 240 Å². The summed E-state index contributed by atoms with van der Waals surface area (Å²) in [6.07, 6.45) is 13.5. The van der Waals surface area contributed by atoms with Crippen LogP contribution in [-0.2, 0) is 19.2 Å². The van der Waals surface area contributed by atoms with Gasteiger partial charge in [-0.3, -0.25) is 14.5 Å². The Morgan fingerprint density at radius 2 is 1.63 bits per heavy atom. The molecule has 2 saturated heterocycles. The number of hydrogen-bond acceptors (Lipinski definition) is 8. The zero-order chi connectivity index (χ0) is 28.5. The van der Waals surface area contributed by atoms with Crippen molar-refractivity contribution < 1.29 is 19.2 Å². The largest absolute Gasteiger partial charge is 0.461 e. The molecule has 2 aromatic rings. The first-order valence-electron chi connectivity index (χ1n) is 15.4. The number of fused-ring (bicyclic) bond motifs is 5. The van der Waals surface area contributed by atoms with Gasteiger partial charge in [-0.15, -0.1) is 0 Å². The van der Waals surface area contributed by atoms with Crippen LogP contribution in [0.1, 0.15) is 89.3 Å². The second-order valence-corrected chi connectivity index (χ2v) is 12.4. The van der Waals surface area contributed by atoms with Crippen LogP contribution >= 0.6 is 0 Å². The molecule has 10 nitrogen and oxygen atoms in total. The minimum atomic E-state index is -0.835. The first kappa shape index (κ1) is 27.9. The van der Waals surface area contributed by atoms with Crippen molar-refractivity contribution >= 4 is 28.6 Å². The number of piperidine rings is 2. The number of nitrogens with two attached hydrogens (primary N) is 1. The molecule has 1 amide bonds. The molecule has 2 N–H and O–H groups in total. The van der Waals surface area contributed by atoms with Gasteiger partial charge >= 0.3 is 5.97 Å². The fourth-order valence-corrected chi connectivity index (χ4v) is 8.34. The SMILES string of the molecule is CCOC(=O)/C(=N\OCC(N)=O)c1nc2ccccc2n(C2C[C@H]3CCC[C@H](C2)N3C2C[C@@H]3CCC[C@@H](C2)C3)c1=O. The minimum Gasteiger partial charge on any atom is -0.461 e. The fourth-order valence-electron chi connectivity index (χ4n) is 8.34. The van der Waals surface area contributed by atoms with Gasteiger partial charge in [0.1, 0.15) is 0 Å². The summed E-state index contributed by atoms with van der Waals surface area (Å²) < 4.78 is 7.01. The van der Waals surface area contributed by atoms with Crippen LogP contribution in [0.25, 0.3) is 11.0 Å². The Hall–Kier alpha value is -3.27. The highest BCUT2D eigenvalue weighted by atomic mass is 16.6. The molecule has 2 aliphatic heterocycles. The first-order valence-corrected chi connectivity index (χ1v) is 15.4. The van der Waals surface area contributed by atoms with E-state index >= 15 is 0 Å². The molecule has 0 radical (unpaired) electrons. The highest BCUT2D eigenvalue weighted by Crippen LogP contribution is 2.47. The molecule has 2 saturated carbocycles. The molecule has 1 aromatic carbocycles. The lowest BCUT2D eigenvalue weighted by molar-refractivity contribution is -0.135. The van der Waals surface area contributed by atoms with E-state index < -0.39 is 24.0 Å². The number of para-hydroxylation sites is 2. The third kappa shape index (κ3) is 5.63. The smallest absolute Gasteiger partial charge is 0.362 e. The van der Waals surface area contributed by atoms with Gasteiger partial charge in [-0.25, -0.2) is 9.78 Å². The van der Waals surface area contributed by atoms with Gasteiger partial charge in [0.2, 0.25) is 5.71 Å². The normalized spacial score (nSPS) is 30.1. The Bertz CT molecular complexity index is 1360. The standard InChI is InChI=1S/C31H41N5O5/c1-2-40-31(39)29(34-41-18-27(32)37)28-30(38)36(26-12-4-3-11-25(26)33-28)24-16-21-9-6-10-22(17-24)35(21)23-14-19-7-5-8-20(13-19)15-23/h3-4,11-12,19-24H,2,5-10,13-18H2,1H3,(H2,32,37)/b34-29-/t19-,20-,21-,22-/m1/s1. The topological polar surface area (TPSA) is 129 Å². The molecule has 2 aliphatic carbocycles. The predicted molar refractivity (Wildman–Crippen MR) is 154 cm³/mol. The molecular weight excluding hydrogens is 522 g/mol. The van der Waals surface area contributed by atoms with Crippen LogP contribution in [0.15, 0.2) is 34.2 Å². The summed E-state index contributed by atoms with van der Waals surface area (Å²) >= 11 is 0. The molecule has 6 rings (SSSR count). The van der Waals surface area contributed by atoms with E-state index in [1.807, 2.05) is 28.8 Å². The van der Waals surface area contributed by atoms with Gasteiger partial charge in [-0.2, -0.15) is 0 Å². The predicted octanol–water partition coefficient (Wildman–Crippen LogP) is 3.69. The second kappa shape index (κ2) is 11.9. The second-order valence-electron chi connectivity index (χ2n) is 12.4. The molecule has 1 aromatic heterocycles. The monoisotopic (exact) mass is 563 g/mol. The van der Waals surface area contributed by atoms with E-state index in [1.165, 1.54) is 44.9 Å². The number of hydrogen-bond donors (Lipinski definition) is 1. The van der Waals surface area contributed by atoms with Crippen molar-refractivity contribution in [2.45, 2.75) is 102 Å². The molecule has 4 atom stereocenters. The number of aromatic nitrogens is 2. The van der Waals surface area contributed by atoms with E-state index in [9.17, 15) is 14.4 Å². The van der Waals surface area contributed by atoms with Crippen molar-refractivity contribution in [2.24, 2.45) is 22.7 Å². The van der Waals surface area contributed by atoms with Crippen LogP contribution in [-0.4, -0.2) is 63.4 Å². The summed E-state index contributed by atoms with van der Waals surface area (Å²) in [4.78, 5) is 50.8. The van der Waals surface area contributed by atoms with Gasteiger partial charge in [0, 0.05) is 24.2 Å². The molecule has 41 heavy (non-hydrogen) atoms. The van der Waals surface area contributed by atoms with E-state index in [4.69, 9.17) is 15.3 Å². The first-order chi connectivity index (χ1) is 19.9. The van der Waals surface area contributed by atoms with Crippen molar-refractivity contribution in [3.8, 4) is 0 Å². The number of ether oxygens (including phenoxy) is 1. The maximum atomic E-state index is 14.2. The number of primary amides is 1.